The molecular weight excluding hydrogens is 385 g/mol. The first-order chi connectivity index (χ1) is 11.7. The van der Waals surface area contributed by atoms with Gasteiger partial charge >= 0.3 is 0 Å². The van der Waals surface area contributed by atoms with E-state index >= 15 is 0 Å². The van der Waals surface area contributed by atoms with Gasteiger partial charge in [0.15, 0.2) is 0 Å². The number of nitrogens with zero attached hydrogens (tertiary/aromatic N) is 1. The summed E-state index contributed by atoms with van der Waals surface area (Å²) in [5.74, 6) is -0.884. The van der Waals surface area contributed by atoms with Crippen LogP contribution in [0.2, 0.25) is 10.0 Å². The summed E-state index contributed by atoms with van der Waals surface area (Å²) in [5.41, 5.74) is 5.95. The number of fused-ring (bicyclic) bond motifs is 1. The van der Waals surface area contributed by atoms with E-state index in [4.69, 9.17) is 28.9 Å². The molecule has 1 amide bonds. The first kappa shape index (κ1) is 17.6. The molecule has 1 heterocycles. The summed E-state index contributed by atoms with van der Waals surface area (Å²) in [4.78, 5) is 14.3. The number of sulfonamides is 1. The van der Waals surface area contributed by atoms with Gasteiger partial charge in [-0.1, -0.05) is 29.3 Å². The molecule has 0 atom stereocenters. The highest BCUT2D eigenvalue weighted by molar-refractivity contribution is 7.93. The topological polar surface area (TPSA) is 96.3 Å². The first-order valence-corrected chi connectivity index (χ1v) is 9.27. The zero-order valence-electron chi connectivity index (χ0n) is 13.0. The second-order valence-corrected chi connectivity index (χ2v) is 8.11. The number of nitrogens with two attached hydrogens (primary N) is 1. The van der Waals surface area contributed by atoms with Crippen molar-refractivity contribution in [1.29, 1.82) is 0 Å². The molecule has 0 saturated heterocycles. The fraction of sp³-hybridized carbons (Fsp3) is 0.0625. The summed E-state index contributed by atoms with van der Waals surface area (Å²) < 4.78 is 27.4. The number of benzene rings is 2. The van der Waals surface area contributed by atoms with Gasteiger partial charge in [0, 0.05) is 28.0 Å². The highest BCUT2D eigenvalue weighted by Crippen LogP contribution is 2.33. The second kappa shape index (κ2) is 6.25. The fourth-order valence-electron chi connectivity index (χ4n) is 2.53. The maximum absolute atomic E-state index is 13.2. The van der Waals surface area contributed by atoms with E-state index in [-0.39, 0.29) is 16.0 Å². The number of nitrogens with one attached hydrogen (secondary N) is 1. The van der Waals surface area contributed by atoms with Crippen LogP contribution in [0.5, 0.6) is 0 Å². The van der Waals surface area contributed by atoms with Gasteiger partial charge < -0.3 is 10.7 Å². The normalized spacial score (nSPS) is 11.6. The number of aromatic nitrogens is 1. The summed E-state index contributed by atoms with van der Waals surface area (Å²) in [7, 11) is -2.73. The SMILES string of the molecule is CN(c1cccc(Cl)c1)S(=O)(=O)c1c(C(N)=O)[nH]c2ccc(Cl)cc12. The van der Waals surface area contributed by atoms with E-state index in [1.807, 2.05) is 0 Å². The van der Waals surface area contributed by atoms with Crippen LogP contribution < -0.4 is 10.0 Å². The predicted molar refractivity (Wildman–Crippen MR) is 98.9 cm³/mol. The maximum Gasteiger partial charge on any atom is 0.267 e. The van der Waals surface area contributed by atoms with Gasteiger partial charge in [0.2, 0.25) is 0 Å². The van der Waals surface area contributed by atoms with Crippen molar-refractivity contribution in [2.24, 2.45) is 5.73 Å². The third-order valence-corrected chi connectivity index (χ3v) is 6.09. The molecular formula is C16H13Cl2N3O3S. The van der Waals surface area contributed by atoms with Crippen molar-refractivity contribution in [2.75, 3.05) is 11.4 Å². The summed E-state index contributed by atoms with van der Waals surface area (Å²) in [6, 6.07) is 11.0. The van der Waals surface area contributed by atoms with E-state index in [1.165, 1.54) is 19.2 Å². The number of anilines is 1. The Labute approximate surface area is 154 Å². The van der Waals surface area contributed by atoms with Gasteiger partial charge in [0.05, 0.1) is 5.69 Å². The Kier molecular flexibility index (Phi) is 4.40. The third-order valence-electron chi connectivity index (χ3n) is 3.75. The molecule has 0 radical (unpaired) electrons. The molecule has 3 N–H and O–H groups in total. The van der Waals surface area contributed by atoms with E-state index in [0.717, 1.165) is 4.31 Å². The number of halogens is 2. The monoisotopic (exact) mass is 397 g/mol. The summed E-state index contributed by atoms with van der Waals surface area (Å²) >= 11 is 11.9. The zero-order chi connectivity index (χ0) is 18.4. The number of hydrogen-bond donors (Lipinski definition) is 2. The molecule has 1 aromatic heterocycles. The first-order valence-electron chi connectivity index (χ1n) is 7.07. The van der Waals surface area contributed by atoms with E-state index in [9.17, 15) is 13.2 Å². The molecule has 0 aliphatic rings. The minimum Gasteiger partial charge on any atom is -0.364 e. The van der Waals surface area contributed by atoms with Crippen LogP contribution in [-0.4, -0.2) is 26.4 Å². The van der Waals surface area contributed by atoms with Crippen molar-refractivity contribution in [3.63, 3.8) is 0 Å². The summed E-state index contributed by atoms with van der Waals surface area (Å²) in [6.07, 6.45) is 0. The molecule has 130 valence electrons. The fourth-order valence-corrected chi connectivity index (χ4v) is 4.41. The minimum atomic E-state index is -4.10. The zero-order valence-corrected chi connectivity index (χ0v) is 15.3. The lowest BCUT2D eigenvalue weighted by Gasteiger charge is -2.20. The highest BCUT2D eigenvalue weighted by atomic mass is 35.5. The largest absolute Gasteiger partial charge is 0.364 e. The van der Waals surface area contributed by atoms with Crippen molar-refractivity contribution in [3.05, 3.63) is 58.2 Å². The Morgan fingerprint density at radius 3 is 2.44 bits per heavy atom. The Morgan fingerprint density at radius 2 is 1.80 bits per heavy atom. The molecule has 3 rings (SSSR count). The lowest BCUT2D eigenvalue weighted by molar-refractivity contribution is 0.0993. The number of hydrogen-bond acceptors (Lipinski definition) is 3. The van der Waals surface area contributed by atoms with E-state index in [1.54, 1.807) is 30.3 Å². The molecule has 0 fully saturated rings. The van der Waals surface area contributed by atoms with Crippen LogP contribution in [0, 0.1) is 0 Å². The average molecular weight is 398 g/mol. The van der Waals surface area contributed by atoms with Crippen molar-refractivity contribution in [1.82, 2.24) is 4.98 Å². The van der Waals surface area contributed by atoms with Gasteiger partial charge in [-0.15, -0.1) is 0 Å². The number of carbonyl (C=O) groups excluding carboxylic acids is 1. The molecule has 25 heavy (non-hydrogen) atoms. The maximum atomic E-state index is 13.2. The molecule has 0 unspecified atom stereocenters. The summed E-state index contributed by atoms with van der Waals surface area (Å²) in [6.45, 7) is 0. The van der Waals surface area contributed by atoms with Gasteiger partial charge in [-0.2, -0.15) is 0 Å². The Morgan fingerprint density at radius 1 is 1.12 bits per heavy atom. The second-order valence-electron chi connectivity index (χ2n) is 5.34. The number of aromatic amines is 1. The van der Waals surface area contributed by atoms with Crippen molar-refractivity contribution in [3.8, 4) is 0 Å². The predicted octanol–water partition coefficient (Wildman–Crippen LogP) is 3.40. The molecule has 2 aromatic carbocycles. The van der Waals surface area contributed by atoms with Crippen LogP contribution in [0.25, 0.3) is 10.9 Å². The van der Waals surface area contributed by atoms with Crippen LogP contribution in [0.1, 0.15) is 10.5 Å². The summed E-state index contributed by atoms with van der Waals surface area (Å²) in [5, 5.41) is 1.01. The molecule has 0 aliphatic carbocycles. The third kappa shape index (κ3) is 3.06. The standard InChI is InChI=1S/C16H13Cl2N3O3S/c1-21(11-4-2-3-9(17)7-11)25(23,24)15-12-8-10(18)5-6-13(12)20-14(15)16(19)22/h2-8,20H,1H3,(H2,19,22). The van der Waals surface area contributed by atoms with Crippen molar-refractivity contribution < 1.29 is 13.2 Å². The number of primary amides is 1. The van der Waals surface area contributed by atoms with Gasteiger partial charge in [-0.3, -0.25) is 9.10 Å². The number of H-pyrrole nitrogens is 1. The Bertz CT molecular complexity index is 1090. The van der Waals surface area contributed by atoms with Crippen LogP contribution in [-0.2, 0) is 10.0 Å². The van der Waals surface area contributed by atoms with Crippen LogP contribution in [0.4, 0.5) is 5.69 Å². The van der Waals surface area contributed by atoms with Crippen molar-refractivity contribution >= 4 is 55.7 Å². The highest BCUT2D eigenvalue weighted by Gasteiger charge is 2.31. The Balaban J connectivity index is 2.28. The van der Waals surface area contributed by atoms with Crippen LogP contribution in [0.15, 0.2) is 47.4 Å². The molecule has 9 heteroatoms. The lowest BCUT2D eigenvalue weighted by atomic mass is 10.2. The van der Waals surface area contributed by atoms with Gasteiger partial charge in [-0.25, -0.2) is 8.42 Å². The molecule has 0 spiro atoms. The molecule has 6 nitrogen and oxygen atoms in total. The van der Waals surface area contributed by atoms with Crippen LogP contribution >= 0.6 is 23.2 Å². The van der Waals surface area contributed by atoms with Gasteiger partial charge in [0.25, 0.3) is 15.9 Å². The minimum absolute atomic E-state index is 0.203. The van der Waals surface area contributed by atoms with E-state index < -0.39 is 15.9 Å². The molecule has 3 aromatic rings. The number of carbonyl (C=O) groups is 1. The van der Waals surface area contributed by atoms with E-state index in [2.05, 4.69) is 4.98 Å². The Hall–Kier alpha value is -2.22. The molecule has 0 bridgehead atoms. The molecule has 0 aliphatic heterocycles. The van der Waals surface area contributed by atoms with Gasteiger partial charge in [0.1, 0.15) is 10.6 Å². The quantitative estimate of drug-likeness (QED) is 0.705. The smallest absolute Gasteiger partial charge is 0.267 e. The van der Waals surface area contributed by atoms with Crippen LogP contribution in [0.3, 0.4) is 0 Å². The van der Waals surface area contributed by atoms with Crippen molar-refractivity contribution in [2.45, 2.75) is 4.90 Å². The molecule has 0 saturated carbocycles. The van der Waals surface area contributed by atoms with E-state index in [0.29, 0.717) is 21.2 Å². The van der Waals surface area contributed by atoms with Gasteiger partial charge in [-0.05, 0) is 36.4 Å². The average Bonchev–Trinajstić information content (AvgIpc) is 2.93. The number of amides is 1. The lowest BCUT2D eigenvalue weighted by Crippen LogP contribution is -2.28. The number of rotatable bonds is 4.